The van der Waals surface area contributed by atoms with Gasteiger partial charge in [-0.05, 0) is 43.2 Å². The molecule has 30 heavy (non-hydrogen) atoms. The number of esters is 1. The molecule has 7 heteroatoms. The summed E-state index contributed by atoms with van der Waals surface area (Å²) in [5.41, 5.74) is 2.99. The monoisotopic (exact) mass is 401 g/mol. The molecule has 0 saturated carbocycles. The van der Waals surface area contributed by atoms with Crippen LogP contribution in [-0.4, -0.2) is 45.8 Å². The van der Waals surface area contributed by atoms with E-state index in [1.165, 1.54) is 11.0 Å². The summed E-state index contributed by atoms with van der Waals surface area (Å²) in [6, 6.07) is 14.3. The summed E-state index contributed by atoms with van der Waals surface area (Å²) in [4.78, 5) is 46.4. The third-order valence-electron chi connectivity index (χ3n) is 4.76. The van der Waals surface area contributed by atoms with E-state index in [1.807, 2.05) is 24.3 Å². The molecule has 1 aliphatic rings. The van der Waals surface area contributed by atoms with E-state index >= 15 is 0 Å². The van der Waals surface area contributed by atoms with Crippen molar-refractivity contribution in [1.82, 2.24) is 14.9 Å². The molecule has 0 N–H and O–H groups in total. The molecule has 7 nitrogen and oxygen atoms in total. The van der Waals surface area contributed by atoms with E-state index in [0.717, 1.165) is 11.0 Å². The largest absolute Gasteiger partial charge is 0.463 e. The second-order valence-electron chi connectivity index (χ2n) is 6.80. The first-order chi connectivity index (χ1) is 14.6. The zero-order valence-electron chi connectivity index (χ0n) is 16.2. The summed E-state index contributed by atoms with van der Waals surface area (Å²) in [6.07, 6.45) is 5.55. The maximum absolute atomic E-state index is 12.3. The third kappa shape index (κ3) is 4.10. The number of aromatic nitrogens is 2. The summed E-state index contributed by atoms with van der Waals surface area (Å²) in [7, 11) is 0. The van der Waals surface area contributed by atoms with Crippen molar-refractivity contribution in [3.8, 4) is 0 Å². The molecule has 3 aromatic rings. The minimum Gasteiger partial charge on any atom is -0.463 e. The van der Waals surface area contributed by atoms with Crippen LogP contribution < -0.4 is 0 Å². The molecule has 0 unspecified atom stereocenters. The Morgan fingerprint density at radius 1 is 0.933 bits per heavy atom. The third-order valence-corrected chi connectivity index (χ3v) is 4.76. The predicted octanol–water partition coefficient (Wildman–Crippen LogP) is 3.26. The predicted molar refractivity (Wildman–Crippen MR) is 111 cm³/mol. The zero-order chi connectivity index (χ0) is 20.9. The van der Waals surface area contributed by atoms with E-state index in [0.29, 0.717) is 36.2 Å². The number of hydrogen-bond acceptors (Lipinski definition) is 6. The Labute approximate surface area is 173 Å². The topological polar surface area (TPSA) is 89.5 Å². The van der Waals surface area contributed by atoms with Gasteiger partial charge in [0, 0.05) is 12.6 Å². The van der Waals surface area contributed by atoms with E-state index < -0.39 is 5.97 Å². The summed E-state index contributed by atoms with van der Waals surface area (Å²) in [6.45, 7) is 0.502. The Balaban J connectivity index is 1.21. The Morgan fingerprint density at radius 2 is 1.60 bits per heavy atom. The smallest absolute Gasteiger partial charge is 0.330 e. The first-order valence-electron chi connectivity index (χ1n) is 9.65. The quantitative estimate of drug-likeness (QED) is 0.261. The van der Waals surface area contributed by atoms with Crippen LogP contribution in [0.5, 0.6) is 0 Å². The summed E-state index contributed by atoms with van der Waals surface area (Å²) in [5, 5.41) is 0. The number of benzene rings is 2. The highest BCUT2D eigenvalue weighted by Crippen LogP contribution is 2.22. The fraction of sp³-hybridized carbons (Fsp3) is 0.174. The maximum Gasteiger partial charge on any atom is 0.330 e. The van der Waals surface area contributed by atoms with Crippen molar-refractivity contribution >= 4 is 34.9 Å². The molecule has 150 valence electrons. The normalized spacial score (nSPS) is 13.3. The number of ether oxygens (including phenoxy) is 1. The van der Waals surface area contributed by atoms with Gasteiger partial charge in [-0.1, -0.05) is 24.3 Å². The van der Waals surface area contributed by atoms with Crippen molar-refractivity contribution < 1.29 is 19.1 Å². The molecule has 4 rings (SSSR count). The average Bonchev–Trinajstić information content (AvgIpc) is 3.02. The van der Waals surface area contributed by atoms with Crippen LogP contribution in [0.3, 0.4) is 0 Å². The molecule has 0 saturated heterocycles. The Morgan fingerprint density at radius 3 is 2.33 bits per heavy atom. The van der Waals surface area contributed by atoms with Crippen LogP contribution in [0.4, 0.5) is 0 Å². The van der Waals surface area contributed by atoms with E-state index in [-0.39, 0.29) is 18.4 Å². The van der Waals surface area contributed by atoms with Gasteiger partial charge in [-0.15, -0.1) is 0 Å². The van der Waals surface area contributed by atoms with Crippen LogP contribution in [0, 0.1) is 0 Å². The molecule has 0 fully saturated rings. The van der Waals surface area contributed by atoms with Crippen molar-refractivity contribution in [1.29, 1.82) is 0 Å². The highest BCUT2D eigenvalue weighted by molar-refractivity contribution is 6.21. The number of unbranched alkanes of at least 4 members (excludes halogenated alkanes) is 1. The van der Waals surface area contributed by atoms with Crippen molar-refractivity contribution in [3.05, 3.63) is 77.6 Å². The molecular formula is C23H19N3O4. The lowest BCUT2D eigenvalue weighted by molar-refractivity contribution is -0.137. The number of rotatable bonds is 7. The molecule has 1 aliphatic heterocycles. The number of amides is 2. The van der Waals surface area contributed by atoms with Crippen molar-refractivity contribution in [3.63, 3.8) is 0 Å². The number of nitrogens with zero attached hydrogens (tertiary/aromatic N) is 3. The molecule has 0 atom stereocenters. The van der Waals surface area contributed by atoms with E-state index in [2.05, 4.69) is 9.97 Å². The van der Waals surface area contributed by atoms with Gasteiger partial charge in [-0.25, -0.2) is 9.78 Å². The van der Waals surface area contributed by atoms with Crippen LogP contribution in [0.15, 0.2) is 60.8 Å². The number of fused-ring (bicyclic) bond motifs is 2. The van der Waals surface area contributed by atoms with Gasteiger partial charge in [0.05, 0.1) is 40.7 Å². The Hall–Kier alpha value is -3.87. The lowest BCUT2D eigenvalue weighted by Crippen LogP contribution is -2.30. The zero-order valence-corrected chi connectivity index (χ0v) is 16.2. The lowest BCUT2D eigenvalue weighted by atomic mass is 10.1. The molecule has 0 spiro atoms. The minimum atomic E-state index is -0.481. The Kier molecular flexibility index (Phi) is 5.61. The fourth-order valence-corrected chi connectivity index (χ4v) is 3.24. The van der Waals surface area contributed by atoms with E-state index in [4.69, 9.17) is 4.74 Å². The number of imide groups is 1. The fourth-order valence-electron chi connectivity index (χ4n) is 3.24. The number of carbonyl (C=O) groups is 3. The second-order valence-corrected chi connectivity index (χ2v) is 6.80. The van der Waals surface area contributed by atoms with Gasteiger partial charge in [0.2, 0.25) is 0 Å². The standard InChI is InChI=1S/C23H19N3O4/c27-21(12-11-16-15-24-19-9-3-4-10-20(19)25-16)30-14-6-5-13-26-22(28)17-7-1-2-8-18(17)23(26)29/h1-4,7-12,15H,5-6,13-14H2/b12-11+. The van der Waals surface area contributed by atoms with Gasteiger partial charge in [0.25, 0.3) is 11.8 Å². The van der Waals surface area contributed by atoms with Gasteiger partial charge in [-0.2, -0.15) is 0 Å². The second kappa shape index (κ2) is 8.65. The van der Waals surface area contributed by atoms with Crippen molar-refractivity contribution in [2.24, 2.45) is 0 Å². The SMILES string of the molecule is O=C(/C=C/c1cnc2ccccc2n1)OCCCCN1C(=O)c2ccccc2C1=O. The van der Waals surface area contributed by atoms with Crippen LogP contribution >= 0.6 is 0 Å². The van der Waals surface area contributed by atoms with Crippen LogP contribution in [0.2, 0.25) is 0 Å². The average molecular weight is 401 g/mol. The summed E-state index contributed by atoms with van der Waals surface area (Å²) >= 11 is 0. The molecule has 2 amide bonds. The molecule has 1 aromatic heterocycles. The number of carbonyl (C=O) groups excluding carboxylic acids is 3. The van der Waals surface area contributed by atoms with Gasteiger partial charge >= 0.3 is 5.97 Å². The molecule has 0 aliphatic carbocycles. The first-order valence-corrected chi connectivity index (χ1v) is 9.65. The van der Waals surface area contributed by atoms with Gasteiger partial charge < -0.3 is 4.74 Å². The number of para-hydroxylation sites is 2. The van der Waals surface area contributed by atoms with Crippen LogP contribution in [-0.2, 0) is 9.53 Å². The highest BCUT2D eigenvalue weighted by Gasteiger charge is 2.34. The molecule has 0 radical (unpaired) electrons. The number of hydrogen-bond donors (Lipinski definition) is 0. The van der Waals surface area contributed by atoms with Crippen molar-refractivity contribution in [2.45, 2.75) is 12.8 Å². The summed E-state index contributed by atoms with van der Waals surface area (Å²) < 4.78 is 5.17. The van der Waals surface area contributed by atoms with Crippen LogP contribution in [0.1, 0.15) is 39.3 Å². The van der Waals surface area contributed by atoms with E-state index in [9.17, 15) is 14.4 Å². The van der Waals surface area contributed by atoms with Gasteiger partial charge in [0.15, 0.2) is 0 Å². The van der Waals surface area contributed by atoms with Crippen molar-refractivity contribution in [2.75, 3.05) is 13.2 Å². The lowest BCUT2D eigenvalue weighted by Gasteiger charge is -2.13. The first kappa shape index (κ1) is 19.4. The summed E-state index contributed by atoms with van der Waals surface area (Å²) in [5.74, 6) is -1.02. The molecule has 2 heterocycles. The van der Waals surface area contributed by atoms with Crippen LogP contribution in [0.25, 0.3) is 17.1 Å². The van der Waals surface area contributed by atoms with Gasteiger partial charge in [0.1, 0.15) is 0 Å². The molecule has 0 bridgehead atoms. The molecule has 2 aromatic carbocycles. The highest BCUT2D eigenvalue weighted by atomic mass is 16.5. The van der Waals surface area contributed by atoms with E-state index in [1.54, 1.807) is 36.5 Å². The Bertz CT molecular complexity index is 1120. The maximum atomic E-state index is 12.3. The minimum absolute atomic E-state index is 0.204. The van der Waals surface area contributed by atoms with Gasteiger partial charge in [-0.3, -0.25) is 19.5 Å². The molecular weight excluding hydrogens is 382 g/mol.